The number of piperidine rings is 1. The smallest absolute Gasteiger partial charge is 0.122 e. The van der Waals surface area contributed by atoms with Crippen molar-refractivity contribution in [2.24, 2.45) is 12.5 Å². The van der Waals surface area contributed by atoms with Crippen LogP contribution < -0.4 is 5.32 Å². The molecule has 3 heterocycles. The molecule has 1 atom stereocenters. The molecule has 132 valence electrons. The molecule has 2 aromatic rings. The van der Waals surface area contributed by atoms with Gasteiger partial charge in [0.15, 0.2) is 0 Å². The number of rotatable bonds is 5. The number of aromatic nitrogens is 2. The van der Waals surface area contributed by atoms with E-state index in [0.29, 0.717) is 11.5 Å². The Morgan fingerprint density at radius 2 is 2.21 bits per heavy atom. The Bertz CT molecular complexity index is 635. The van der Waals surface area contributed by atoms with E-state index in [9.17, 15) is 0 Å². The van der Waals surface area contributed by atoms with Gasteiger partial charge >= 0.3 is 0 Å². The minimum Gasteiger partial charge on any atom is -0.337 e. The molecule has 0 aromatic carbocycles. The standard InChI is InChI=1S/C17H23ClN4S.ClH/c1-21-8-7-20-15(21)12-22(11-13-2-9-23-16(13)18)14-10-17(14)3-5-19-6-4-17;/h2,7-9,14,19H,3-6,10-12H2,1H3;1H. The molecule has 2 aliphatic rings. The highest BCUT2D eigenvalue weighted by Crippen LogP contribution is 2.56. The van der Waals surface area contributed by atoms with Crippen molar-refractivity contribution in [3.8, 4) is 0 Å². The van der Waals surface area contributed by atoms with Gasteiger partial charge in [0.1, 0.15) is 5.82 Å². The van der Waals surface area contributed by atoms with Gasteiger partial charge in [-0.15, -0.1) is 23.7 Å². The van der Waals surface area contributed by atoms with Crippen LogP contribution in [0, 0.1) is 5.41 Å². The molecule has 1 saturated carbocycles. The van der Waals surface area contributed by atoms with E-state index in [1.54, 1.807) is 11.3 Å². The molecule has 1 unspecified atom stereocenters. The molecule has 0 radical (unpaired) electrons. The van der Waals surface area contributed by atoms with Crippen LogP contribution in [-0.2, 0) is 20.1 Å². The maximum atomic E-state index is 6.36. The van der Waals surface area contributed by atoms with Crippen LogP contribution in [0.1, 0.15) is 30.7 Å². The van der Waals surface area contributed by atoms with Crippen molar-refractivity contribution in [3.63, 3.8) is 0 Å². The van der Waals surface area contributed by atoms with Gasteiger partial charge in [-0.2, -0.15) is 0 Å². The van der Waals surface area contributed by atoms with Crippen LogP contribution in [0.25, 0.3) is 0 Å². The van der Waals surface area contributed by atoms with E-state index in [1.165, 1.54) is 24.8 Å². The van der Waals surface area contributed by atoms with Crippen LogP contribution in [0.3, 0.4) is 0 Å². The number of halogens is 2. The molecule has 1 N–H and O–H groups in total. The summed E-state index contributed by atoms with van der Waals surface area (Å²) < 4.78 is 3.05. The molecular formula is C17H24Cl2N4S. The first-order valence-corrected chi connectivity index (χ1v) is 9.57. The summed E-state index contributed by atoms with van der Waals surface area (Å²) >= 11 is 7.99. The summed E-state index contributed by atoms with van der Waals surface area (Å²) in [4.78, 5) is 7.13. The van der Waals surface area contributed by atoms with Gasteiger partial charge < -0.3 is 9.88 Å². The first kappa shape index (κ1) is 18.2. The number of imidazole rings is 1. The van der Waals surface area contributed by atoms with E-state index in [-0.39, 0.29) is 12.4 Å². The van der Waals surface area contributed by atoms with E-state index in [4.69, 9.17) is 11.6 Å². The summed E-state index contributed by atoms with van der Waals surface area (Å²) in [6.45, 7) is 4.14. The minimum atomic E-state index is 0. The van der Waals surface area contributed by atoms with Crippen LogP contribution in [0.4, 0.5) is 0 Å². The van der Waals surface area contributed by atoms with Crippen molar-refractivity contribution in [1.82, 2.24) is 19.8 Å². The van der Waals surface area contributed by atoms with E-state index < -0.39 is 0 Å². The average molecular weight is 387 g/mol. The molecule has 0 bridgehead atoms. The zero-order valence-electron chi connectivity index (χ0n) is 13.9. The summed E-state index contributed by atoms with van der Waals surface area (Å²) in [6, 6.07) is 2.83. The Hall–Kier alpha value is -0.590. The zero-order valence-corrected chi connectivity index (χ0v) is 16.3. The first-order valence-electron chi connectivity index (χ1n) is 8.31. The number of nitrogens with one attached hydrogen (secondary N) is 1. The lowest BCUT2D eigenvalue weighted by Gasteiger charge is -2.29. The molecule has 0 amide bonds. The van der Waals surface area contributed by atoms with Gasteiger partial charge in [-0.05, 0) is 54.8 Å². The second-order valence-electron chi connectivity index (χ2n) is 6.91. The lowest BCUT2D eigenvalue weighted by Crippen LogP contribution is -2.36. The Morgan fingerprint density at radius 1 is 1.42 bits per heavy atom. The maximum Gasteiger partial charge on any atom is 0.122 e. The molecule has 4 nitrogen and oxygen atoms in total. The average Bonchev–Trinajstić information content (AvgIpc) is 2.86. The zero-order chi connectivity index (χ0) is 15.9. The first-order chi connectivity index (χ1) is 11.2. The minimum absolute atomic E-state index is 0. The largest absolute Gasteiger partial charge is 0.337 e. The number of hydrogen-bond acceptors (Lipinski definition) is 4. The topological polar surface area (TPSA) is 33.1 Å². The molecule has 4 rings (SSSR count). The van der Waals surface area contributed by atoms with Crippen molar-refractivity contribution >= 4 is 35.3 Å². The highest BCUT2D eigenvalue weighted by atomic mass is 35.5. The van der Waals surface area contributed by atoms with Gasteiger partial charge in [0.05, 0.1) is 10.9 Å². The SMILES string of the molecule is Cl.Cn1ccnc1CN(Cc1ccsc1Cl)C1CC12CCNCC2. The van der Waals surface area contributed by atoms with E-state index in [0.717, 1.165) is 36.3 Å². The van der Waals surface area contributed by atoms with E-state index >= 15 is 0 Å². The van der Waals surface area contributed by atoms with Crippen molar-refractivity contribution in [1.29, 1.82) is 0 Å². The van der Waals surface area contributed by atoms with Gasteiger partial charge in [0.25, 0.3) is 0 Å². The van der Waals surface area contributed by atoms with Crippen LogP contribution >= 0.6 is 35.3 Å². The highest BCUT2D eigenvalue weighted by molar-refractivity contribution is 7.14. The maximum absolute atomic E-state index is 6.36. The molecule has 1 spiro atoms. The van der Waals surface area contributed by atoms with Gasteiger partial charge in [-0.3, -0.25) is 4.90 Å². The predicted molar refractivity (Wildman–Crippen MR) is 102 cm³/mol. The lowest BCUT2D eigenvalue weighted by molar-refractivity contribution is 0.183. The third-order valence-electron chi connectivity index (χ3n) is 5.52. The third kappa shape index (κ3) is 3.51. The molecule has 1 aliphatic carbocycles. The fraction of sp³-hybridized carbons (Fsp3) is 0.588. The third-order valence-corrected chi connectivity index (χ3v) is 6.77. The van der Waals surface area contributed by atoms with Crippen LogP contribution in [0.5, 0.6) is 0 Å². The Kier molecular flexibility index (Phi) is 5.57. The van der Waals surface area contributed by atoms with Crippen LogP contribution in [0.15, 0.2) is 23.8 Å². The Labute approximate surface area is 158 Å². The normalized spacial score (nSPS) is 21.9. The summed E-state index contributed by atoms with van der Waals surface area (Å²) in [5.74, 6) is 1.13. The summed E-state index contributed by atoms with van der Waals surface area (Å²) in [7, 11) is 2.07. The second-order valence-corrected chi connectivity index (χ2v) is 8.43. The molecular weight excluding hydrogens is 363 g/mol. The van der Waals surface area contributed by atoms with Gasteiger partial charge in [-0.1, -0.05) is 11.6 Å². The Balaban J connectivity index is 0.00000169. The molecule has 1 aliphatic heterocycles. The van der Waals surface area contributed by atoms with Crippen molar-refractivity contribution in [3.05, 3.63) is 39.6 Å². The Morgan fingerprint density at radius 3 is 2.83 bits per heavy atom. The molecule has 1 saturated heterocycles. The molecule has 7 heteroatoms. The van der Waals surface area contributed by atoms with E-state index in [1.807, 2.05) is 12.4 Å². The van der Waals surface area contributed by atoms with Crippen molar-refractivity contribution in [2.45, 2.75) is 38.4 Å². The molecule has 2 fully saturated rings. The summed E-state index contributed by atoms with van der Waals surface area (Å²) in [5.41, 5.74) is 1.78. The van der Waals surface area contributed by atoms with Crippen LogP contribution in [0.2, 0.25) is 4.34 Å². The van der Waals surface area contributed by atoms with Crippen molar-refractivity contribution in [2.75, 3.05) is 13.1 Å². The number of thiophene rings is 1. The number of hydrogen-bond donors (Lipinski definition) is 1. The quantitative estimate of drug-likeness (QED) is 0.849. The lowest BCUT2D eigenvalue weighted by atomic mass is 9.93. The fourth-order valence-corrected chi connectivity index (χ4v) is 4.87. The summed E-state index contributed by atoms with van der Waals surface area (Å²) in [5, 5.41) is 5.58. The predicted octanol–water partition coefficient (Wildman–Crippen LogP) is 3.70. The van der Waals surface area contributed by atoms with E-state index in [2.05, 4.69) is 38.3 Å². The second kappa shape index (κ2) is 7.34. The molecule has 24 heavy (non-hydrogen) atoms. The van der Waals surface area contributed by atoms with Crippen LogP contribution in [-0.4, -0.2) is 33.6 Å². The summed E-state index contributed by atoms with van der Waals surface area (Å²) in [6.07, 6.45) is 7.83. The van der Waals surface area contributed by atoms with Crippen molar-refractivity contribution < 1.29 is 0 Å². The highest BCUT2D eigenvalue weighted by Gasteiger charge is 2.56. The monoisotopic (exact) mass is 386 g/mol. The number of nitrogens with zero attached hydrogens (tertiary/aromatic N) is 3. The fourth-order valence-electron chi connectivity index (χ4n) is 3.96. The molecule has 2 aromatic heterocycles. The number of aryl methyl sites for hydroxylation is 1. The van der Waals surface area contributed by atoms with Gasteiger partial charge in [0, 0.05) is 32.0 Å². The van der Waals surface area contributed by atoms with Gasteiger partial charge in [0.2, 0.25) is 0 Å². The van der Waals surface area contributed by atoms with Gasteiger partial charge in [-0.25, -0.2) is 4.98 Å².